The molecule has 98 valence electrons. The molecule has 0 radical (unpaired) electrons. The van der Waals surface area contributed by atoms with Gasteiger partial charge in [-0.1, -0.05) is 12.1 Å². The SMILES string of the molecule is NC(=O)c1cc(Oc2ccccc2Br)c(F)cc1N. The smallest absolute Gasteiger partial charge is 0.250 e. The second-order valence-corrected chi connectivity index (χ2v) is 4.62. The van der Waals surface area contributed by atoms with Crippen molar-refractivity contribution >= 4 is 27.5 Å². The Balaban J connectivity index is 2.43. The number of hydrogen-bond acceptors (Lipinski definition) is 3. The highest BCUT2D eigenvalue weighted by Gasteiger charge is 2.14. The first-order chi connectivity index (χ1) is 8.99. The lowest BCUT2D eigenvalue weighted by Gasteiger charge is -2.10. The molecule has 0 spiro atoms. The van der Waals surface area contributed by atoms with Gasteiger partial charge in [0.15, 0.2) is 11.6 Å². The van der Waals surface area contributed by atoms with Crippen LogP contribution in [0.3, 0.4) is 0 Å². The van der Waals surface area contributed by atoms with E-state index in [0.29, 0.717) is 10.2 Å². The molecule has 0 saturated carbocycles. The zero-order valence-electron chi connectivity index (χ0n) is 9.69. The van der Waals surface area contributed by atoms with Crippen LogP contribution in [0, 0.1) is 5.82 Å². The number of rotatable bonds is 3. The zero-order chi connectivity index (χ0) is 14.0. The van der Waals surface area contributed by atoms with Gasteiger partial charge in [-0.3, -0.25) is 4.79 Å². The fourth-order valence-corrected chi connectivity index (χ4v) is 1.87. The van der Waals surface area contributed by atoms with E-state index in [1.54, 1.807) is 24.3 Å². The molecule has 4 nitrogen and oxygen atoms in total. The molecule has 0 saturated heterocycles. The molecule has 2 rings (SSSR count). The monoisotopic (exact) mass is 324 g/mol. The lowest BCUT2D eigenvalue weighted by Crippen LogP contribution is -2.14. The highest BCUT2D eigenvalue weighted by Crippen LogP contribution is 2.32. The van der Waals surface area contributed by atoms with Gasteiger partial charge in [-0.25, -0.2) is 4.39 Å². The molecule has 0 bridgehead atoms. The van der Waals surface area contributed by atoms with Crippen LogP contribution >= 0.6 is 15.9 Å². The Morgan fingerprint density at radius 2 is 1.89 bits per heavy atom. The molecular weight excluding hydrogens is 315 g/mol. The number of ether oxygens (including phenoxy) is 1. The number of primary amides is 1. The van der Waals surface area contributed by atoms with Gasteiger partial charge < -0.3 is 16.2 Å². The minimum Gasteiger partial charge on any atom is -0.453 e. The Hall–Kier alpha value is -2.08. The summed E-state index contributed by atoms with van der Waals surface area (Å²) in [6, 6.07) is 9.14. The largest absolute Gasteiger partial charge is 0.453 e. The molecule has 2 aromatic carbocycles. The molecule has 4 N–H and O–H groups in total. The van der Waals surface area contributed by atoms with Gasteiger partial charge in [-0.2, -0.15) is 0 Å². The van der Waals surface area contributed by atoms with E-state index in [0.717, 1.165) is 6.07 Å². The predicted octanol–water partition coefficient (Wildman–Crippen LogP) is 3.06. The molecule has 0 aliphatic heterocycles. The van der Waals surface area contributed by atoms with Crippen molar-refractivity contribution in [3.8, 4) is 11.5 Å². The van der Waals surface area contributed by atoms with Crippen LogP contribution in [-0.4, -0.2) is 5.91 Å². The summed E-state index contributed by atoms with van der Waals surface area (Å²) in [6.07, 6.45) is 0. The third kappa shape index (κ3) is 2.85. The van der Waals surface area contributed by atoms with Crippen molar-refractivity contribution in [2.24, 2.45) is 5.73 Å². The topological polar surface area (TPSA) is 78.3 Å². The molecule has 0 aliphatic rings. The number of amides is 1. The van der Waals surface area contributed by atoms with Crippen LogP contribution in [0.1, 0.15) is 10.4 Å². The van der Waals surface area contributed by atoms with Crippen LogP contribution in [0.15, 0.2) is 40.9 Å². The van der Waals surface area contributed by atoms with Crippen LogP contribution in [0.2, 0.25) is 0 Å². The molecule has 0 fully saturated rings. The average molecular weight is 325 g/mol. The maximum Gasteiger partial charge on any atom is 0.250 e. The van der Waals surface area contributed by atoms with Crippen molar-refractivity contribution in [2.75, 3.05) is 5.73 Å². The Bertz CT molecular complexity index is 647. The van der Waals surface area contributed by atoms with Gasteiger partial charge in [0.1, 0.15) is 5.75 Å². The summed E-state index contributed by atoms with van der Waals surface area (Å²) in [5.41, 5.74) is 10.7. The summed E-state index contributed by atoms with van der Waals surface area (Å²) < 4.78 is 19.8. The van der Waals surface area contributed by atoms with Gasteiger partial charge in [-0.05, 0) is 34.1 Å². The summed E-state index contributed by atoms with van der Waals surface area (Å²) in [4.78, 5) is 11.2. The summed E-state index contributed by atoms with van der Waals surface area (Å²) in [6.45, 7) is 0. The normalized spacial score (nSPS) is 10.2. The fourth-order valence-electron chi connectivity index (χ4n) is 1.51. The van der Waals surface area contributed by atoms with Crippen LogP contribution in [0.25, 0.3) is 0 Å². The van der Waals surface area contributed by atoms with Gasteiger partial charge >= 0.3 is 0 Å². The Morgan fingerprint density at radius 3 is 2.53 bits per heavy atom. The van der Waals surface area contributed by atoms with E-state index in [1.165, 1.54) is 6.07 Å². The van der Waals surface area contributed by atoms with Crippen LogP contribution in [0.5, 0.6) is 11.5 Å². The number of para-hydroxylation sites is 1. The van der Waals surface area contributed by atoms with E-state index in [4.69, 9.17) is 16.2 Å². The minimum atomic E-state index is -0.741. The summed E-state index contributed by atoms with van der Waals surface area (Å²) in [5, 5.41) is 0. The van der Waals surface area contributed by atoms with Crippen LogP contribution in [-0.2, 0) is 0 Å². The number of anilines is 1. The lowest BCUT2D eigenvalue weighted by molar-refractivity contribution is 0.100. The summed E-state index contributed by atoms with van der Waals surface area (Å²) in [5.74, 6) is -1.11. The second-order valence-electron chi connectivity index (χ2n) is 3.77. The summed E-state index contributed by atoms with van der Waals surface area (Å²) >= 11 is 3.28. The zero-order valence-corrected chi connectivity index (χ0v) is 11.3. The molecule has 0 atom stereocenters. The lowest BCUT2D eigenvalue weighted by atomic mass is 10.1. The number of carbonyl (C=O) groups is 1. The van der Waals surface area contributed by atoms with Crippen LogP contribution < -0.4 is 16.2 Å². The highest BCUT2D eigenvalue weighted by atomic mass is 79.9. The molecule has 19 heavy (non-hydrogen) atoms. The third-order valence-electron chi connectivity index (χ3n) is 2.43. The Labute approximate surface area is 117 Å². The number of hydrogen-bond donors (Lipinski definition) is 2. The van der Waals surface area contributed by atoms with Gasteiger partial charge in [0.05, 0.1) is 10.0 Å². The predicted molar refractivity (Wildman–Crippen MR) is 73.5 cm³/mol. The molecule has 0 heterocycles. The van der Waals surface area contributed by atoms with E-state index >= 15 is 0 Å². The Kier molecular flexibility index (Phi) is 3.71. The summed E-state index contributed by atoms with van der Waals surface area (Å²) in [7, 11) is 0. The van der Waals surface area contributed by atoms with Gasteiger partial charge in [0, 0.05) is 11.8 Å². The number of nitrogen functional groups attached to an aromatic ring is 1. The quantitative estimate of drug-likeness (QED) is 0.851. The Morgan fingerprint density at radius 1 is 1.21 bits per heavy atom. The molecular formula is C13H10BrFN2O2. The second kappa shape index (κ2) is 5.27. The van der Waals surface area contributed by atoms with E-state index in [2.05, 4.69) is 15.9 Å². The van der Waals surface area contributed by atoms with Crippen LogP contribution in [0.4, 0.5) is 10.1 Å². The highest BCUT2D eigenvalue weighted by molar-refractivity contribution is 9.10. The van der Waals surface area contributed by atoms with Crippen molar-refractivity contribution in [1.82, 2.24) is 0 Å². The van der Waals surface area contributed by atoms with E-state index < -0.39 is 11.7 Å². The fraction of sp³-hybridized carbons (Fsp3) is 0. The van der Waals surface area contributed by atoms with Gasteiger partial charge in [0.2, 0.25) is 0 Å². The molecule has 0 aliphatic carbocycles. The number of nitrogens with two attached hydrogens (primary N) is 2. The molecule has 6 heteroatoms. The number of carbonyl (C=O) groups excluding carboxylic acids is 1. The van der Waals surface area contributed by atoms with E-state index in [9.17, 15) is 9.18 Å². The minimum absolute atomic E-state index is 0.0171. The van der Waals surface area contributed by atoms with Gasteiger partial charge in [-0.15, -0.1) is 0 Å². The van der Waals surface area contributed by atoms with Crippen molar-refractivity contribution in [1.29, 1.82) is 0 Å². The molecule has 1 amide bonds. The van der Waals surface area contributed by atoms with E-state index in [1.807, 2.05) is 0 Å². The molecule has 0 aromatic heterocycles. The van der Waals surface area contributed by atoms with Crippen molar-refractivity contribution in [3.05, 3.63) is 52.3 Å². The first-order valence-electron chi connectivity index (χ1n) is 5.30. The standard InChI is InChI=1S/C13H10BrFN2O2/c14-8-3-1-2-4-11(8)19-12-5-7(13(17)18)10(16)6-9(12)15/h1-6H,16H2,(H2,17,18). The maximum atomic E-state index is 13.7. The maximum absolute atomic E-state index is 13.7. The van der Waals surface area contributed by atoms with E-state index in [-0.39, 0.29) is 17.0 Å². The van der Waals surface area contributed by atoms with Crippen molar-refractivity contribution in [2.45, 2.75) is 0 Å². The number of benzene rings is 2. The van der Waals surface area contributed by atoms with Crippen molar-refractivity contribution < 1.29 is 13.9 Å². The first-order valence-corrected chi connectivity index (χ1v) is 6.09. The van der Waals surface area contributed by atoms with Gasteiger partial charge in [0.25, 0.3) is 5.91 Å². The third-order valence-corrected chi connectivity index (χ3v) is 3.08. The average Bonchev–Trinajstić information content (AvgIpc) is 2.34. The molecule has 2 aromatic rings. The first kappa shape index (κ1) is 13.4. The molecule has 0 unspecified atom stereocenters. The number of halogens is 2. The van der Waals surface area contributed by atoms with Crippen molar-refractivity contribution in [3.63, 3.8) is 0 Å².